The predicted molar refractivity (Wildman–Crippen MR) is 73.8 cm³/mol. The van der Waals surface area contributed by atoms with Crippen molar-refractivity contribution in [1.29, 1.82) is 0 Å². The molecule has 1 aliphatic rings. The minimum absolute atomic E-state index is 0.0534. The lowest BCUT2D eigenvalue weighted by Gasteiger charge is -2.45. The summed E-state index contributed by atoms with van der Waals surface area (Å²) in [6.07, 6.45) is -7.08. The number of amides is 1. The van der Waals surface area contributed by atoms with E-state index in [0.717, 1.165) is 6.92 Å². The molecule has 1 saturated heterocycles. The van der Waals surface area contributed by atoms with E-state index in [-0.39, 0.29) is 6.61 Å². The molecule has 6 atom stereocenters. The summed E-state index contributed by atoms with van der Waals surface area (Å²) in [6, 6.07) is -1.21. The molecule has 1 heterocycles. The molecule has 134 valence electrons. The van der Waals surface area contributed by atoms with E-state index in [4.69, 9.17) is 9.84 Å². The zero-order valence-electron chi connectivity index (χ0n) is 12.9. The third kappa shape index (κ3) is 4.59. The standard InChI is InChI=1S/C13H23NO9/c1-3-22-12(20)13(21)4-7(17)9(14-6(2)16)11(23-13)10(19)8(18)5-15/h7-11,15,17-19,21H,3-5H2,1-2H3,(H,14,16). The largest absolute Gasteiger partial charge is 0.462 e. The maximum absolute atomic E-state index is 11.8. The molecule has 6 unspecified atom stereocenters. The van der Waals surface area contributed by atoms with Gasteiger partial charge in [-0.1, -0.05) is 0 Å². The first-order chi connectivity index (χ1) is 10.7. The Bertz CT molecular complexity index is 432. The molecule has 0 aromatic heterocycles. The second-order valence-electron chi connectivity index (χ2n) is 5.33. The smallest absolute Gasteiger partial charge is 0.366 e. The molecule has 1 amide bonds. The molecule has 1 aliphatic heterocycles. The van der Waals surface area contributed by atoms with E-state index >= 15 is 0 Å². The Balaban J connectivity index is 3.08. The summed E-state index contributed by atoms with van der Waals surface area (Å²) >= 11 is 0. The highest BCUT2D eigenvalue weighted by atomic mass is 16.7. The van der Waals surface area contributed by atoms with Crippen molar-refractivity contribution in [3.63, 3.8) is 0 Å². The van der Waals surface area contributed by atoms with E-state index in [2.05, 4.69) is 10.1 Å². The minimum Gasteiger partial charge on any atom is -0.462 e. The number of rotatable bonds is 6. The van der Waals surface area contributed by atoms with Crippen LogP contribution < -0.4 is 5.32 Å². The van der Waals surface area contributed by atoms with Crippen molar-refractivity contribution >= 4 is 11.9 Å². The number of carbonyl (C=O) groups excluding carboxylic acids is 2. The van der Waals surface area contributed by atoms with E-state index in [9.17, 15) is 30.0 Å². The van der Waals surface area contributed by atoms with Crippen LogP contribution in [0.15, 0.2) is 0 Å². The van der Waals surface area contributed by atoms with Gasteiger partial charge in [0.2, 0.25) is 5.91 Å². The molecular weight excluding hydrogens is 314 g/mol. The van der Waals surface area contributed by atoms with E-state index in [1.54, 1.807) is 0 Å². The van der Waals surface area contributed by atoms with Gasteiger partial charge in [0.15, 0.2) is 0 Å². The molecular formula is C13H23NO9. The summed E-state index contributed by atoms with van der Waals surface area (Å²) in [5.74, 6) is -4.28. The number of ether oxygens (including phenoxy) is 2. The maximum atomic E-state index is 11.8. The molecule has 10 heteroatoms. The maximum Gasteiger partial charge on any atom is 0.366 e. The highest BCUT2D eigenvalue weighted by Gasteiger charge is 2.54. The zero-order chi connectivity index (χ0) is 17.8. The Labute approximate surface area is 132 Å². The average Bonchev–Trinajstić information content (AvgIpc) is 2.48. The van der Waals surface area contributed by atoms with Gasteiger partial charge in [-0.3, -0.25) is 4.79 Å². The van der Waals surface area contributed by atoms with Gasteiger partial charge < -0.3 is 40.3 Å². The lowest BCUT2D eigenvalue weighted by molar-refractivity contribution is -0.297. The zero-order valence-corrected chi connectivity index (χ0v) is 12.9. The first-order valence-corrected chi connectivity index (χ1v) is 7.15. The number of aliphatic hydroxyl groups excluding tert-OH is 4. The topological polar surface area (TPSA) is 166 Å². The van der Waals surface area contributed by atoms with Gasteiger partial charge in [-0.2, -0.15) is 0 Å². The number of hydrogen-bond acceptors (Lipinski definition) is 9. The monoisotopic (exact) mass is 337 g/mol. The van der Waals surface area contributed by atoms with Crippen molar-refractivity contribution in [3.05, 3.63) is 0 Å². The first-order valence-electron chi connectivity index (χ1n) is 7.15. The van der Waals surface area contributed by atoms with Gasteiger partial charge in [0.25, 0.3) is 5.79 Å². The molecule has 10 nitrogen and oxygen atoms in total. The number of hydrogen-bond donors (Lipinski definition) is 6. The fourth-order valence-electron chi connectivity index (χ4n) is 2.37. The van der Waals surface area contributed by atoms with Crippen LogP contribution in [-0.4, -0.2) is 86.9 Å². The van der Waals surface area contributed by atoms with Crippen LogP contribution in [0, 0.1) is 0 Å². The predicted octanol–water partition coefficient (Wildman–Crippen LogP) is -3.39. The fraction of sp³-hybridized carbons (Fsp3) is 0.846. The van der Waals surface area contributed by atoms with Gasteiger partial charge >= 0.3 is 5.97 Å². The summed E-state index contributed by atoms with van der Waals surface area (Å²) in [4.78, 5) is 23.1. The minimum atomic E-state index is -2.55. The Hall–Kier alpha value is -1.30. The van der Waals surface area contributed by atoms with Gasteiger partial charge in [-0.05, 0) is 6.92 Å². The fourth-order valence-corrected chi connectivity index (χ4v) is 2.37. The van der Waals surface area contributed by atoms with Crippen LogP contribution in [-0.2, 0) is 19.1 Å². The number of nitrogens with one attached hydrogen (secondary N) is 1. The molecule has 0 saturated carbocycles. The molecule has 0 bridgehead atoms. The second kappa shape index (κ2) is 7.99. The van der Waals surface area contributed by atoms with Crippen LogP contribution in [0.25, 0.3) is 0 Å². The Morgan fingerprint density at radius 1 is 1.43 bits per heavy atom. The molecule has 0 spiro atoms. The van der Waals surface area contributed by atoms with Crippen LogP contribution >= 0.6 is 0 Å². The van der Waals surface area contributed by atoms with Crippen molar-refractivity contribution in [1.82, 2.24) is 5.32 Å². The van der Waals surface area contributed by atoms with Crippen LogP contribution in [0.4, 0.5) is 0 Å². The van der Waals surface area contributed by atoms with Crippen molar-refractivity contribution in [2.45, 2.75) is 56.5 Å². The summed E-state index contributed by atoms with van der Waals surface area (Å²) in [6.45, 7) is 1.78. The normalized spacial score (nSPS) is 33.6. The van der Waals surface area contributed by atoms with E-state index in [1.807, 2.05) is 0 Å². The van der Waals surface area contributed by atoms with Crippen LogP contribution in [0.3, 0.4) is 0 Å². The number of esters is 1. The summed E-state index contributed by atoms with van der Waals surface area (Å²) < 4.78 is 9.80. The number of aliphatic hydroxyl groups is 5. The van der Waals surface area contributed by atoms with Gasteiger partial charge in [0, 0.05) is 13.3 Å². The highest BCUT2D eigenvalue weighted by Crippen LogP contribution is 2.31. The lowest BCUT2D eigenvalue weighted by atomic mass is 9.88. The summed E-state index contributed by atoms with van der Waals surface area (Å²) in [7, 11) is 0. The second-order valence-corrected chi connectivity index (χ2v) is 5.33. The van der Waals surface area contributed by atoms with Crippen molar-refractivity contribution in [2.24, 2.45) is 0 Å². The molecule has 6 N–H and O–H groups in total. The molecule has 23 heavy (non-hydrogen) atoms. The average molecular weight is 337 g/mol. The SMILES string of the molecule is CCOC(=O)C1(O)CC(O)C(NC(C)=O)C(C(O)C(O)CO)O1. The molecule has 1 rings (SSSR count). The van der Waals surface area contributed by atoms with Gasteiger partial charge in [0.05, 0.1) is 25.4 Å². The quantitative estimate of drug-likeness (QED) is 0.271. The molecule has 1 fully saturated rings. The third-order valence-electron chi connectivity index (χ3n) is 3.47. The third-order valence-corrected chi connectivity index (χ3v) is 3.47. The van der Waals surface area contributed by atoms with Gasteiger partial charge in [-0.15, -0.1) is 0 Å². The lowest BCUT2D eigenvalue weighted by Crippen LogP contribution is -2.67. The summed E-state index contributed by atoms with van der Waals surface area (Å²) in [5, 5.41) is 51.2. The Morgan fingerprint density at radius 2 is 2.04 bits per heavy atom. The van der Waals surface area contributed by atoms with Crippen molar-refractivity contribution in [2.75, 3.05) is 13.2 Å². The molecule has 0 aromatic rings. The highest BCUT2D eigenvalue weighted by molar-refractivity contribution is 5.78. The van der Waals surface area contributed by atoms with Crippen LogP contribution in [0.2, 0.25) is 0 Å². The Kier molecular flexibility index (Phi) is 6.86. The molecule has 0 radical (unpaired) electrons. The first kappa shape index (κ1) is 19.7. The van der Waals surface area contributed by atoms with E-state index < -0.39 is 61.1 Å². The Morgan fingerprint density at radius 3 is 2.52 bits per heavy atom. The van der Waals surface area contributed by atoms with Gasteiger partial charge in [-0.25, -0.2) is 4.79 Å². The van der Waals surface area contributed by atoms with Crippen molar-refractivity contribution < 1.29 is 44.6 Å². The molecule has 0 aromatic carbocycles. The van der Waals surface area contributed by atoms with Crippen LogP contribution in [0.5, 0.6) is 0 Å². The molecule has 0 aliphatic carbocycles. The van der Waals surface area contributed by atoms with Gasteiger partial charge in [0.1, 0.15) is 18.3 Å². The summed E-state index contributed by atoms with van der Waals surface area (Å²) in [5.41, 5.74) is 0. The van der Waals surface area contributed by atoms with Crippen molar-refractivity contribution in [3.8, 4) is 0 Å². The van der Waals surface area contributed by atoms with E-state index in [0.29, 0.717) is 0 Å². The number of carbonyl (C=O) groups is 2. The van der Waals surface area contributed by atoms with Crippen LogP contribution in [0.1, 0.15) is 20.3 Å². The van der Waals surface area contributed by atoms with E-state index in [1.165, 1.54) is 6.92 Å².